The van der Waals surface area contributed by atoms with Gasteiger partial charge in [-0.05, 0) is 59.5 Å². The molecule has 0 spiro atoms. The first-order valence-corrected chi connectivity index (χ1v) is 8.34. The molecule has 0 aliphatic carbocycles. The molecule has 0 aromatic heterocycles. The van der Waals surface area contributed by atoms with Crippen molar-refractivity contribution in [3.63, 3.8) is 0 Å². The Labute approximate surface area is 150 Å². The van der Waals surface area contributed by atoms with Crippen LogP contribution in [0.4, 0.5) is 4.39 Å². The molecule has 0 saturated carbocycles. The second-order valence-electron chi connectivity index (χ2n) is 5.68. The van der Waals surface area contributed by atoms with E-state index in [4.69, 9.17) is 28.9 Å². The smallest absolute Gasteiger partial charge is 0.123 e. The van der Waals surface area contributed by atoms with Crippen LogP contribution < -0.4 is 5.73 Å². The van der Waals surface area contributed by atoms with Gasteiger partial charge in [0.15, 0.2) is 0 Å². The second kappa shape index (κ2) is 7.35. The van der Waals surface area contributed by atoms with Crippen molar-refractivity contribution in [2.24, 2.45) is 5.73 Å². The molecule has 24 heavy (non-hydrogen) atoms. The molecule has 4 heteroatoms. The Morgan fingerprint density at radius 3 is 2.21 bits per heavy atom. The zero-order valence-corrected chi connectivity index (χ0v) is 14.4. The van der Waals surface area contributed by atoms with Crippen molar-refractivity contribution in [1.82, 2.24) is 0 Å². The van der Waals surface area contributed by atoms with E-state index >= 15 is 0 Å². The summed E-state index contributed by atoms with van der Waals surface area (Å²) in [7, 11) is 0. The third kappa shape index (κ3) is 3.96. The molecule has 3 aromatic carbocycles. The Kier molecular flexibility index (Phi) is 5.20. The third-order valence-electron chi connectivity index (χ3n) is 3.94. The average molecular weight is 360 g/mol. The third-order valence-corrected chi connectivity index (χ3v) is 4.52. The molecule has 3 rings (SSSR count). The molecule has 1 atom stereocenters. The topological polar surface area (TPSA) is 26.0 Å². The predicted molar refractivity (Wildman–Crippen MR) is 98.9 cm³/mol. The highest BCUT2D eigenvalue weighted by Gasteiger charge is 2.11. The van der Waals surface area contributed by atoms with Gasteiger partial charge in [-0.2, -0.15) is 0 Å². The summed E-state index contributed by atoms with van der Waals surface area (Å²) in [6.07, 6.45) is 0.627. The van der Waals surface area contributed by atoms with Crippen molar-refractivity contribution in [2.75, 3.05) is 0 Å². The maximum Gasteiger partial charge on any atom is 0.123 e. The lowest BCUT2D eigenvalue weighted by Gasteiger charge is -2.15. The molecule has 0 radical (unpaired) electrons. The fourth-order valence-corrected chi connectivity index (χ4v) is 2.97. The Balaban J connectivity index is 1.87. The molecule has 0 amide bonds. The molecular weight excluding hydrogens is 344 g/mol. The number of hydrogen-bond acceptors (Lipinski definition) is 1. The zero-order valence-electron chi connectivity index (χ0n) is 12.8. The van der Waals surface area contributed by atoms with Crippen LogP contribution in [-0.4, -0.2) is 0 Å². The number of hydrogen-bond donors (Lipinski definition) is 1. The van der Waals surface area contributed by atoms with E-state index in [2.05, 4.69) is 0 Å². The summed E-state index contributed by atoms with van der Waals surface area (Å²) in [6.45, 7) is 0. The Morgan fingerprint density at radius 1 is 0.875 bits per heavy atom. The van der Waals surface area contributed by atoms with E-state index < -0.39 is 0 Å². The lowest BCUT2D eigenvalue weighted by atomic mass is 9.96. The van der Waals surface area contributed by atoms with Gasteiger partial charge in [0.25, 0.3) is 0 Å². The highest BCUT2D eigenvalue weighted by Crippen LogP contribution is 2.31. The van der Waals surface area contributed by atoms with Crippen LogP contribution in [0.15, 0.2) is 66.7 Å². The predicted octanol–water partition coefficient (Wildman–Crippen LogP) is 6.04. The van der Waals surface area contributed by atoms with Crippen molar-refractivity contribution in [3.8, 4) is 11.1 Å². The van der Waals surface area contributed by atoms with E-state index in [1.807, 2.05) is 42.5 Å². The lowest BCUT2D eigenvalue weighted by molar-refractivity contribution is 0.625. The van der Waals surface area contributed by atoms with Crippen LogP contribution in [0.25, 0.3) is 11.1 Å². The van der Waals surface area contributed by atoms with Gasteiger partial charge in [0.1, 0.15) is 5.82 Å². The van der Waals surface area contributed by atoms with E-state index in [1.54, 1.807) is 12.1 Å². The number of benzene rings is 3. The summed E-state index contributed by atoms with van der Waals surface area (Å²) in [4.78, 5) is 0. The number of halogens is 3. The lowest BCUT2D eigenvalue weighted by Crippen LogP contribution is -2.13. The largest absolute Gasteiger partial charge is 0.324 e. The standard InChI is InChI=1S/C20H16Cl2FN/c21-16-6-3-14(4-7-16)18-12-15(5-10-19(18)22)20(24)11-13-1-8-17(23)9-2-13/h1-10,12,20H,11,24H2. The fourth-order valence-electron chi connectivity index (χ4n) is 2.62. The van der Waals surface area contributed by atoms with Crippen LogP contribution in [0.2, 0.25) is 10.0 Å². The van der Waals surface area contributed by atoms with Gasteiger partial charge in [0.05, 0.1) is 0 Å². The van der Waals surface area contributed by atoms with E-state index in [0.29, 0.717) is 16.5 Å². The summed E-state index contributed by atoms with van der Waals surface area (Å²) in [5.74, 6) is -0.246. The average Bonchev–Trinajstić information content (AvgIpc) is 2.58. The number of rotatable bonds is 4. The molecular formula is C20H16Cl2FN. The van der Waals surface area contributed by atoms with Gasteiger partial charge < -0.3 is 5.73 Å². The fraction of sp³-hybridized carbons (Fsp3) is 0.100. The molecule has 1 unspecified atom stereocenters. The summed E-state index contributed by atoms with van der Waals surface area (Å²) in [5.41, 5.74) is 10.2. The van der Waals surface area contributed by atoms with Crippen LogP contribution in [0.1, 0.15) is 17.2 Å². The minimum Gasteiger partial charge on any atom is -0.324 e. The normalized spacial score (nSPS) is 12.2. The first-order chi connectivity index (χ1) is 11.5. The summed E-state index contributed by atoms with van der Waals surface area (Å²) < 4.78 is 13.0. The molecule has 3 aromatic rings. The molecule has 0 heterocycles. The SMILES string of the molecule is NC(Cc1ccc(F)cc1)c1ccc(Cl)c(-c2ccc(Cl)cc2)c1. The first kappa shape index (κ1) is 17.0. The monoisotopic (exact) mass is 359 g/mol. The molecule has 0 fully saturated rings. The molecule has 122 valence electrons. The van der Waals surface area contributed by atoms with E-state index in [9.17, 15) is 4.39 Å². The zero-order chi connectivity index (χ0) is 17.1. The second-order valence-corrected chi connectivity index (χ2v) is 6.53. The van der Waals surface area contributed by atoms with Crippen molar-refractivity contribution < 1.29 is 4.39 Å². The van der Waals surface area contributed by atoms with Gasteiger partial charge in [0, 0.05) is 21.7 Å². The van der Waals surface area contributed by atoms with Gasteiger partial charge in [0.2, 0.25) is 0 Å². The van der Waals surface area contributed by atoms with Crippen molar-refractivity contribution in [1.29, 1.82) is 0 Å². The van der Waals surface area contributed by atoms with Gasteiger partial charge in [-0.15, -0.1) is 0 Å². The van der Waals surface area contributed by atoms with Crippen LogP contribution >= 0.6 is 23.2 Å². The van der Waals surface area contributed by atoms with Crippen LogP contribution in [0.5, 0.6) is 0 Å². The minimum absolute atomic E-state index is 0.196. The molecule has 1 nitrogen and oxygen atoms in total. The van der Waals surface area contributed by atoms with Crippen LogP contribution in [-0.2, 0) is 6.42 Å². The van der Waals surface area contributed by atoms with Gasteiger partial charge in [-0.3, -0.25) is 0 Å². The highest BCUT2D eigenvalue weighted by atomic mass is 35.5. The van der Waals surface area contributed by atoms with E-state index in [1.165, 1.54) is 12.1 Å². The minimum atomic E-state index is -0.246. The number of nitrogens with two attached hydrogens (primary N) is 1. The molecule has 2 N–H and O–H groups in total. The van der Waals surface area contributed by atoms with Crippen molar-refractivity contribution in [3.05, 3.63) is 93.7 Å². The molecule has 0 saturated heterocycles. The maximum atomic E-state index is 13.0. The molecule has 0 aliphatic heterocycles. The van der Waals surface area contributed by atoms with E-state index in [-0.39, 0.29) is 11.9 Å². The van der Waals surface area contributed by atoms with Gasteiger partial charge >= 0.3 is 0 Å². The summed E-state index contributed by atoms with van der Waals surface area (Å²) in [6, 6.07) is 19.5. The Bertz CT molecular complexity index is 829. The molecule has 0 bridgehead atoms. The van der Waals surface area contributed by atoms with Crippen LogP contribution in [0.3, 0.4) is 0 Å². The van der Waals surface area contributed by atoms with Crippen LogP contribution in [0, 0.1) is 5.82 Å². The summed E-state index contributed by atoms with van der Waals surface area (Å²) in [5, 5.41) is 1.34. The van der Waals surface area contributed by atoms with Crippen molar-refractivity contribution >= 4 is 23.2 Å². The molecule has 0 aliphatic rings. The van der Waals surface area contributed by atoms with Crippen molar-refractivity contribution in [2.45, 2.75) is 12.5 Å². The first-order valence-electron chi connectivity index (χ1n) is 7.58. The van der Waals surface area contributed by atoms with Gasteiger partial charge in [-0.1, -0.05) is 53.5 Å². The summed E-state index contributed by atoms with van der Waals surface area (Å²) >= 11 is 12.3. The highest BCUT2D eigenvalue weighted by molar-refractivity contribution is 6.33. The Morgan fingerprint density at radius 2 is 1.54 bits per heavy atom. The quantitative estimate of drug-likeness (QED) is 0.603. The van der Waals surface area contributed by atoms with Gasteiger partial charge in [-0.25, -0.2) is 4.39 Å². The maximum absolute atomic E-state index is 13.0. The van der Waals surface area contributed by atoms with E-state index in [0.717, 1.165) is 22.3 Å². The Hall–Kier alpha value is -1.87.